The number of rotatable bonds is 3. The highest BCUT2D eigenvalue weighted by molar-refractivity contribution is 14.1. The zero-order valence-corrected chi connectivity index (χ0v) is 15.1. The Morgan fingerprint density at radius 1 is 1.46 bits per heavy atom. The number of piperazine rings is 1. The summed E-state index contributed by atoms with van der Waals surface area (Å²) in [7, 11) is 0. The van der Waals surface area contributed by atoms with Crippen LogP contribution in [0.2, 0.25) is 0 Å². The molecule has 0 spiro atoms. The lowest BCUT2D eigenvalue weighted by Crippen LogP contribution is -2.44. The van der Waals surface area contributed by atoms with Crippen LogP contribution in [0.4, 0.5) is 10.2 Å². The van der Waals surface area contributed by atoms with E-state index in [0.29, 0.717) is 18.7 Å². The molecule has 2 aromatic heterocycles. The highest BCUT2D eigenvalue weighted by Crippen LogP contribution is 2.25. The van der Waals surface area contributed by atoms with Crippen LogP contribution in [0.3, 0.4) is 0 Å². The van der Waals surface area contributed by atoms with Gasteiger partial charge in [0.2, 0.25) is 5.43 Å². The number of aromatic nitrogens is 2. The van der Waals surface area contributed by atoms with Gasteiger partial charge in [0.1, 0.15) is 11.2 Å². The molecule has 7 nitrogen and oxygen atoms in total. The van der Waals surface area contributed by atoms with Gasteiger partial charge in [-0.05, 0) is 13.0 Å². The second-order valence-electron chi connectivity index (χ2n) is 5.56. The van der Waals surface area contributed by atoms with Crippen molar-refractivity contribution in [2.45, 2.75) is 11.0 Å². The van der Waals surface area contributed by atoms with Crippen molar-refractivity contribution in [2.24, 2.45) is 0 Å². The molecule has 1 aliphatic heterocycles. The first-order valence-corrected chi connectivity index (χ1v) is 8.73. The predicted octanol–water partition coefficient (Wildman–Crippen LogP) is 1.60. The van der Waals surface area contributed by atoms with Crippen molar-refractivity contribution in [3.05, 3.63) is 33.9 Å². The zero-order valence-electron chi connectivity index (χ0n) is 12.9. The molecule has 2 N–H and O–H groups in total. The Morgan fingerprint density at radius 3 is 2.71 bits per heavy atom. The molecule has 2 aromatic rings. The number of carboxylic acid groups (broad SMARTS) is 1. The summed E-state index contributed by atoms with van der Waals surface area (Å²) in [5.41, 5.74) is -0.812. The molecule has 1 aliphatic rings. The number of alkyl halides is 1. The fourth-order valence-corrected chi connectivity index (χ4v) is 3.18. The summed E-state index contributed by atoms with van der Waals surface area (Å²) >= 11 is 2.09. The molecule has 0 bridgehead atoms. The van der Waals surface area contributed by atoms with Crippen LogP contribution in [0.15, 0.2) is 17.1 Å². The molecular weight excluding hydrogens is 430 g/mol. The van der Waals surface area contributed by atoms with Crippen LogP contribution in [-0.4, -0.2) is 46.8 Å². The number of anilines is 1. The number of fused-ring (bicyclic) bond motifs is 1. The number of nitrogens with zero attached hydrogens (tertiary/aromatic N) is 3. The summed E-state index contributed by atoms with van der Waals surface area (Å²) in [5, 5.41) is 12.4. The largest absolute Gasteiger partial charge is 0.477 e. The molecule has 3 heterocycles. The summed E-state index contributed by atoms with van der Waals surface area (Å²) in [6, 6.07) is 1.10. The van der Waals surface area contributed by atoms with E-state index in [9.17, 15) is 19.1 Å². The topological polar surface area (TPSA) is 87.5 Å². The number of aromatic carboxylic acids is 1. The molecule has 9 heteroatoms. The van der Waals surface area contributed by atoms with E-state index in [1.807, 2.05) is 11.8 Å². The van der Waals surface area contributed by atoms with Crippen LogP contribution in [0.1, 0.15) is 21.3 Å². The average Bonchev–Trinajstić information content (AvgIpc) is 2.55. The van der Waals surface area contributed by atoms with Gasteiger partial charge < -0.3 is 19.9 Å². The Kier molecular flexibility index (Phi) is 4.72. The van der Waals surface area contributed by atoms with Crippen LogP contribution in [0.25, 0.3) is 11.0 Å². The predicted molar refractivity (Wildman–Crippen MR) is 96.7 cm³/mol. The van der Waals surface area contributed by atoms with Crippen LogP contribution < -0.4 is 15.6 Å². The van der Waals surface area contributed by atoms with Crippen molar-refractivity contribution in [2.75, 3.05) is 31.1 Å². The summed E-state index contributed by atoms with van der Waals surface area (Å²) in [6.07, 6.45) is 1.27. The molecule has 1 fully saturated rings. The van der Waals surface area contributed by atoms with E-state index >= 15 is 0 Å². The van der Waals surface area contributed by atoms with Gasteiger partial charge in [0, 0.05) is 32.4 Å². The van der Waals surface area contributed by atoms with Gasteiger partial charge in [-0.25, -0.2) is 14.2 Å². The maximum atomic E-state index is 14.5. The second-order valence-corrected chi connectivity index (χ2v) is 7.36. The van der Waals surface area contributed by atoms with Gasteiger partial charge in [-0.2, -0.15) is 0 Å². The molecule has 0 aliphatic carbocycles. The van der Waals surface area contributed by atoms with E-state index in [1.54, 1.807) is 4.57 Å². The Bertz CT molecular complexity index is 862. The summed E-state index contributed by atoms with van der Waals surface area (Å²) < 4.78 is 16.0. The molecule has 0 amide bonds. The fraction of sp³-hybridized carbons (Fsp3) is 0.400. The van der Waals surface area contributed by atoms with E-state index in [1.165, 1.54) is 6.20 Å². The fourth-order valence-electron chi connectivity index (χ4n) is 2.76. The zero-order chi connectivity index (χ0) is 17.4. The lowest BCUT2D eigenvalue weighted by Gasteiger charge is -2.29. The third-order valence-corrected chi connectivity index (χ3v) is 4.57. The number of carboxylic acids is 1. The smallest absolute Gasteiger partial charge is 0.341 e. The van der Waals surface area contributed by atoms with E-state index in [-0.39, 0.29) is 20.8 Å². The van der Waals surface area contributed by atoms with Crippen molar-refractivity contribution in [3.63, 3.8) is 0 Å². The minimum absolute atomic E-state index is 0.0187. The van der Waals surface area contributed by atoms with E-state index in [2.05, 4.69) is 32.9 Å². The first-order valence-electron chi connectivity index (χ1n) is 7.48. The van der Waals surface area contributed by atoms with Gasteiger partial charge in [-0.1, -0.05) is 22.6 Å². The Labute approximate surface area is 150 Å². The molecule has 24 heavy (non-hydrogen) atoms. The van der Waals surface area contributed by atoms with Crippen molar-refractivity contribution >= 4 is 45.4 Å². The number of halogens is 2. The minimum atomic E-state index is -1.33. The molecule has 128 valence electrons. The highest BCUT2D eigenvalue weighted by Gasteiger charge is 2.22. The van der Waals surface area contributed by atoms with E-state index in [0.717, 1.165) is 19.2 Å². The van der Waals surface area contributed by atoms with Crippen LogP contribution >= 0.6 is 22.6 Å². The van der Waals surface area contributed by atoms with Gasteiger partial charge in [0.15, 0.2) is 11.6 Å². The maximum Gasteiger partial charge on any atom is 0.341 e. The monoisotopic (exact) mass is 446 g/mol. The number of hydrogen-bond donors (Lipinski definition) is 2. The molecule has 0 aromatic carbocycles. The van der Waals surface area contributed by atoms with E-state index in [4.69, 9.17) is 0 Å². The van der Waals surface area contributed by atoms with Crippen LogP contribution in [0.5, 0.6) is 0 Å². The highest BCUT2D eigenvalue weighted by atomic mass is 127. The minimum Gasteiger partial charge on any atom is -0.477 e. The summed E-state index contributed by atoms with van der Waals surface area (Å²) in [5.74, 6) is -1.76. The van der Waals surface area contributed by atoms with Gasteiger partial charge >= 0.3 is 5.97 Å². The molecular formula is C15H16FIN4O3. The maximum absolute atomic E-state index is 14.5. The lowest BCUT2D eigenvalue weighted by atomic mass is 10.2. The normalized spacial score (nSPS) is 16.4. The molecule has 0 saturated carbocycles. The molecule has 3 rings (SSSR count). The summed E-state index contributed by atoms with van der Waals surface area (Å²) in [6.45, 7) is 4.53. The number of hydrogen-bond acceptors (Lipinski definition) is 5. The number of nitrogens with one attached hydrogen (secondary N) is 1. The first-order chi connectivity index (χ1) is 11.4. The summed E-state index contributed by atoms with van der Waals surface area (Å²) in [4.78, 5) is 29.8. The Morgan fingerprint density at radius 2 is 2.12 bits per heavy atom. The average molecular weight is 446 g/mol. The van der Waals surface area contributed by atoms with Crippen molar-refractivity contribution in [1.82, 2.24) is 14.9 Å². The molecule has 0 radical (unpaired) electrons. The van der Waals surface area contributed by atoms with Gasteiger partial charge in [0.05, 0.1) is 9.43 Å². The Hall–Kier alpha value is -1.75. The SMILES string of the molecule is CC(I)n1cc(C(=O)O)c(=O)c2cc(F)c(N3CCNCC3)nc21. The van der Waals surface area contributed by atoms with Crippen molar-refractivity contribution in [1.29, 1.82) is 0 Å². The van der Waals surface area contributed by atoms with Crippen LogP contribution in [0, 0.1) is 5.82 Å². The van der Waals surface area contributed by atoms with Gasteiger partial charge in [-0.15, -0.1) is 0 Å². The quantitative estimate of drug-likeness (QED) is 0.551. The lowest BCUT2D eigenvalue weighted by molar-refractivity contribution is 0.0695. The third-order valence-electron chi connectivity index (χ3n) is 3.97. The third kappa shape index (κ3) is 2.97. The Balaban J connectivity index is 2.28. The van der Waals surface area contributed by atoms with Gasteiger partial charge in [-0.3, -0.25) is 4.79 Å². The first kappa shape index (κ1) is 17.1. The number of carbonyl (C=O) groups is 1. The van der Waals surface area contributed by atoms with E-state index < -0.39 is 17.2 Å². The molecule has 1 unspecified atom stereocenters. The van der Waals surface area contributed by atoms with Crippen LogP contribution in [-0.2, 0) is 0 Å². The second kappa shape index (κ2) is 6.63. The molecule has 1 atom stereocenters. The standard InChI is InChI=1S/C15H16FIN4O3/c1-8(17)21-7-10(15(23)24)12(22)9-6-11(16)14(19-13(9)21)20-4-2-18-3-5-20/h6-8,18H,2-5H2,1H3,(H,23,24). The van der Waals surface area contributed by atoms with Gasteiger partial charge in [0.25, 0.3) is 0 Å². The molecule has 1 saturated heterocycles. The van der Waals surface area contributed by atoms with Crippen molar-refractivity contribution in [3.8, 4) is 0 Å². The number of pyridine rings is 2. The van der Waals surface area contributed by atoms with Crippen molar-refractivity contribution < 1.29 is 14.3 Å².